The van der Waals surface area contributed by atoms with Gasteiger partial charge in [0.1, 0.15) is 5.75 Å². The van der Waals surface area contributed by atoms with Gasteiger partial charge in [0.05, 0.1) is 11.3 Å². The fourth-order valence-corrected chi connectivity index (χ4v) is 3.95. The molecule has 27 heavy (non-hydrogen) atoms. The Morgan fingerprint density at radius 2 is 1.70 bits per heavy atom. The van der Waals surface area contributed by atoms with E-state index in [1.807, 2.05) is 12.1 Å². The molecule has 3 rings (SSSR count). The summed E-state index contributed by atoms with van der Waals surface area (Å²) < 4.78 is 5.44. The predicted octanol–water partition coefficient (Wildman–Crippen LogP) is 6.70. The molecule has 3 nitrogen and oxygen atoms in total. The summed E-state index contributed by atoms with van der Waals surface area (Å²) in [5.74, 6) is 1.73. The van der Waals surface area contributed by atoms with Crippen LogP contribution in [0.25, 0.3) is 0 Å². The van der Waals surface area contributed by atoms with Gasteiger partial charge in [-0.3, -0.25) is 4.99 Å². The summed E-state index contributed by atoms with van der Waals surface area (Å²) in [4.78, 5) is 16.2. The molecular weight excluding hydrogens is 334 g/mol. The molecule has 142 valence electrons. The summed E-state index contributed by atoms with van der Waals surface area (Å²) in [5.41, 5.74) is 2.69. The molecule has 0 unspecified atom stereocenters. The summed E-state index contributed by atoms with van der Waals surface area (Å²) in [7, 11) is 0. The third-order valence-corrected chi connectivity index (χ3v) is 5.66. The van der Waals surface area contributed by atoms with Crippen molar-refractivity contribution in [3.63, 3.8) is 0 Å². The van der Waals surface area contributed by atoms with Gasteiger partial charge >= 0.3 is 5.97 Å². The number of hydrogen-bond donors (Lipinski definition) is 0. The first-order valence-corrected chi connectivity index (χ1v) is 10.1. The Hall–Kier alpha value is -2.42. The molecular formula is C24H29NO2. The Morgan fingerprint density at radius 1 is 1.04 bits per heavy atom. The number of hydrogen-bond acceptors (Lipinski definition) is 3. The summed E-state index contributed by atoms with van der Waals surface area (Å²) in [6.07, 6.45) is 9.25. The fourth-order valence-electron chi connectivity index (χ4n) is 3.95. The fraction of sp³-hybridized carbons (Fsp3) is 0.417. The van der Waals surface area contributed by atoms with Crippen molar-refractivity contribution in [3.05, 3.63) is 59.7 Å². The molecule has 0 aromatic heterocycles. The Bertz CT molecular complexity index is 741. The van der Waals surface area contributed by atoms with Crippen molar-refractivity contribution in [1.82, 2.24) is 0 Å². The van der Waals surface area contributed by atoms with E-state index < -0.39 is 0 Å². The second-order valence-electron chi connectivity index (χ2n) is 7.52. The molecule has 0 heterocycles. The van der Waals surface area contributed by atoms with Crippen LogP contribution < -0.4 is 4.74 Å². The minimum atomic E-state index is -0.330. The Labute approximate surface area is 162 Å². The molecule has 1 aliphatic rings. The maximum Gasteiger partial charge on any atom is 0.343 e. The SMILES string of the molecule is C=Nc1ccc(OC(=O)c2ccc(C3CCC(CCCC)CC3)cc2)cc1. The zero-order valence-corrected chi connectivity index (χ0v) is 16.2. The zero-order chi connectivity index (χ0) is 19.1. The van der Waals surface area contributed by atoms with Crippen LogP contribution in [0.4, 0.5) is 5.69 Å². The maximum atomic E-state index is 12.3. The Morgan fingerprint density at radius 3 is 2.30 bits per heavy atom. The average molecular weight is 364 g/mol. The van der Waals surface area contributed by atoms with Gasteiger partial charge in [-0.15, -0.1) is 0 Å². The van der Waals surface area contributed by atoms with Gasteiger partial charge in [0.2, 0.25) is 0 Å². The molecule has 1 fully saturated rings. The molecule has 0 N–H and O–H groups in total. The first-order chi connectivity index (χ1) is 13.2. The molecule has 0 saturated heterocycles. The molecule has 2 aromatic carbocycles. The number of benzene rings is 2. The molecule has 1 aliphatic carbocycles. The standard InChI is InChI=1S/C24H29NO2/c1-3-4-5-18-6-8-19(9-7-18)20-10-12-21(13-11-20)24(26)27-23-16-14-22(25-2)15-17-23/h10-19H,2-9H2,1H3. The smallest absolute Gasteiger partial charge is 0.343 e. The lowest BCUT2D eigenvalue weighted by atomic mass is 9.77. The van der Waals surface area contributed by atoms with Gasteiger partial charge in [0.25, 0.3) is 0 Å². The van der Waals surface area contributed by atoms with Gasteiger partial charge in [-0.2, -0.15) is 0 Å². The monoisotopic (exact) mass is 363 g/mol. The zero-order valence-electron chi connectivity index (χ0n) is 16.2. The van der Waals surface area contributed by atoms with E-state index in [1.54, 1.807) is 24.3 Å². The molecule has 2 aromatic rings. The van der Waals surface area contributed by atoms with Crippen molar-refractivity contribution >= 4 is 18.4 Å². The average Bonchev–Trinajstić information content (AvgIpc) is 2.73. The number of esters is 1. The summed E-state index contributed by atoms with van der Waals surface area (Å²) >= 11 is 0. The van der Waals surface area contributed by atoms with Gasteiger partial charge < -0.3 is 4.74 Å². The van der Waals surface area contributed by atoms with Gasteiger partial charge in [-0.25, -0.2) is 4.79 Å². The highest BCUT2D eigenvalue weighted by Crippen LogP contribution is 2.37. The van der Waals surface area contributed by atoms with Crippen LogP contribution in [0.2, 0.25) is 0 Å². The van der Waals surface area contributed by atoms with E-state index in [9.17, 15) is 4.79 Å². The highest BCUT2D eigenvalue weighted by atomic mass is 16.5. The molecule has 0 aliphatic heterocycles. The van der Waals surface area contributed by atoms with Crippen LogP contribution >= 0.6 is 0 Å². The van der Waals surface area contributed by atoms with Crippen molar-refractivity contribution in [2.75, 3.05) is 0 Å². The van der Waals surface area contributed by atoms with Crippen LogP contribution in [0.5, 0.6) is 5.75 Å². The quantitative estimate of drug-likeness (QED) is 0.312. The van der Waals surface area contributed by atoms with Crippen molar-refractivity contribution in [2.45, 2.75) is 57.8 Å². The third kappa shape index (κ3) is 5.29. The third-order valence-electron chi connectivity index (χ3n) is 5.66. The number of nitrogens with zero attached hydrogens (tertiary/aromatic N) is 1. The number of carbonyl (C=O) groups excluding carboxylic acids is 1. The van der Waals surface area contributed by atoms with Crippen LogP contribution in [0.3, 0.4) is 0 Å². The Kier molecular flexibility index (Phi) is 6.80. The minimum Gasteiger partial charge on any atom is -0.423 e. The van der Waals surface area contributed by atoms with Crippen LogP contribution in [0.1, 0.15) is 73.7 Å². The second kappa shape index (κ2) is 9.50. The van der Waals surface area contributed by atoms with E-state index in [1.165, 1.54) is 50.5 Å². The van der Waals surface area contributed by atoms with Crippen molar-refractivity contribution in [2.24, 2.45) is 10.9 Å². The molecule has 0 spiro atoms. The number of ether oxygens (including phenoxy) is 1. The molecule has 0 amide bonds. The second-order valence-corrected chi connectivity index (χ2v) is 7.52. The van der Waals surface area contributed by atoms with E-state index in [4.69, 9.17) is 4.74 Å². The number of aliphatic imine (C=N–C) groups is 1. The highest BCUT2D eigenvalue weighted by molar-refractivity contribution is 5.91. The van der Waals surface area contributed by atoms with Gasteiger partial charge in [-0.05, 0) is 86.2 Å². The van der Waals surface area contributed by atoms with Crippen molar-refractivity contribution in [3.8, 4) is 5.75 Å². The first kappa shape index (κ1) is 19.3. The lowest BCUT2D eigenvalue weighted by molar-refractivity contribution is 0.0734. The van der Waals surface area contributed by atoms with Crippen LogP contribution in [0, 0.1) is 5.92 Å². The van der Waals surface area contributed by atoms with Crippen LogP contribution in [-0.2, 0) is 0 Å². The molecule has 1 saturated carbocycles. The lowest BCUT2D eigenvalue weighted by Crippen LogP contribution is -2.14. The van der Waals surface area contributed by atoms with E-state index in [2.05, 4.69) is 30.8 Å². The molecule has 3 heteroatoms. The molecule has 0 radical (unpaired) electrons. The number of carbonyl (C=O) groups is 1. The van der Waals surface area contributed by atoms with Crippen molar-refractivity contribution < 1.29 is 9.53 Å². The predicted molar refractivity (Wildman–Crippen MR) is 111 cm³/mol. The van der Waals surface area contributed by atoms with E-state index in [0.717, 1.165) is 11.6 Å². The number of unbranched alkanes of at least 4 members (excludes halogenated alkanes) is 1. The topological polar surface area (TPSA) is 38.7 Å². The minimum absolute atomic E-state index is 0.330. The highest BCUT2D eigenvalue weighted by Gasteiger charge is 2.22. The largest absolute Gasteiger partial charge is 0.423 e. The summed E-state index contributed by atoms with van der Waals surface area (Å²) in [6.45, 7) is 5.74. The van der Waals surface area contributed by atoms with Gasteiger partial charge in [-0.1, -0.05) is 38.3 Å². The van der Waals surface area contributed by atoms with Crippen LogP contribution in [0.15, 0.2) is 53.5 Å². The van der Waals surface area contributed by atoms with Gasteiger partial charge in [0, 0.05) is 0 Å². The van der Waals surface area contributed by atoms with E-state index >= 15 is 0 Å². The normalized spacial score (nSPS) is 19.4. The maximum absolute atomic E-state index is 12.3. The lowest BCUT2D eigenvalue weighted by Gasteiger charge is -2.28. The Balaban J connectivity index is 1.55. The number of rotatable bonds is 7. The summed E-state index contributed by atoms with van der Waals surface area (Å²) in [5, 5.41) is 0. The van der Waals surface area contributed by atoms with Crippen LogP contribution in [-0.4, -0.2) is 12.7 Å². The van der Waals surface area contributed by atoms with Crippen molar-refractivity contribution in [1.29, 1.82) is 0 Å². The van der Waals surface area contributed by atoms with E-state index in [0.29, 0.717) is 17.2 Å². The van der Waals surface area contributed by atoms with E-state index in [-0.39, 0.29) is 5.97 Å². The summed E-state index contributed by atoms with van der Waals surface area (Å²) in [6, 6.07) is 15.0. The molecule has 0 atom stereocenters. The van der Waals surface area contributed by atoms with Gasteiger partial charge in [0.15, 0.2) is 0 Å². The molecule has 0 bridgehead atoms. The first-order valence-electron chi connectivity index (χ1n) is 10.1.